The first-order valence-electron chi connectivity index (χ1n) is 8.72. The molecule has 0 radical (unpaired) electrons. The lowest BCUT2D eigenvalue weighted by Crippen LogP contribution is -2.25. The molecule has 4 rings (SSSR count). The highest BCUT2D eigenvalue weighted by Gasteiger charge is 2.17. The summed E-state index contributed by atoms with van der Waals surface area (Å²) in [5.74, 6) is 0.514. The van der Waals surface area contributed by atoms with E-state index in [1.165, 1.54) is 11.3 Å². The van der Waals surface area contributed by atoms with Crippen LogP contribution in [0.4, 0.5) is 5.69 Å². The molecule has 1 aliphatic rings. The number of anilines is 1. The van der Waals surface area contributed by atoms with Crippen LogP contribution in [-0.2, 0) is 4.79 Å². The Morgan fingerprint density at radius 2 is 2.11 bits per heavy atom. The fourth-order valence-corrected chi connectivity index (χ4v) is 3.93. The first kappa shape index (κ1) is 18.6. The largest absolute Gasteiger partial charge is 0.482 e. The molecule has 0 spiro atoms. The van der Waals surface area contributed by atoms with E-state index in [1.54, 1.807) is 6.21 Å². The van der Waals surface area contributed by atoms with Crippen LogP contribution in [0.2, 0.25) is 0 Å². The number of fused-ring (bicyclic) bond motifs is 1. The average molecular weight is 457 g/mol. The third kappa shape index (κ3) is 3.93. The average Bonchev–Trinajstić information content (AvgIpc) is 3.10. The van der Waals surface area contributed by atoms with Gasteiger partial charge in [-0.05, 0) is 42.8 Å². The van der Waals surface area contributed by atoms with Crippen LogP contribution < -0.4 is 14.9 Å². The fourth-order valence-electron chi connectivity index (χ4n) is 2.77. The molecule has 1 N–H and O–H groups in total. The number of amides is 1. The molecule has 3 aromatic rings. The number of thiazole rings is 1. The minimum absolute atomic E-state index is 0.0435. The van der Waals surface area contributed by atoms with E-state index in [0.717, 1.165) is 26.1 Å². The van der Waals surface area contributed by atoms with Crippen molar-refractivity contribution in [3.63, 3.8) is 0 Å². The summed E-state index contributed by atoms with van der Waals surface area (Å²) in [7, 11) is 0. The van der Waals surface area contributed by atoms with Crippen LogP contribution in [0.15, 0.2) is 62.4 Å². The van der Waals surface area contributed by atoms with Gasteiger partial charge in [-0.2, -0.15) is 5.10 Å². The van der Waals surface area contributed by atoms with Gasteiger partial charge in [0.2, 0.25) is 4.80 Å². The van der Waals surface area contributed by atoms with E-state index in [0.29, 0.717) is 18.0 Å². The second-order valence-electron chi connectivity index (χ2n) is 6.03. The van der Waals surface area contributed by atoms with Gasteiger partial charge in [-0.3, -0.25) is 9.79 Å². The smallest absolute Gasteiger partial charge is 0.262 e. The van der Waals surface area contributed by atoms with E-state index in [9.17, 15) is 4.79 Å². The molecule has 28 heavy (non-hydrogen) atoms. The van der Waals surface area contributed by atoms with Crippen molar-refractivity contribution in [1.82, 2.24) is 4.68 Å². The minimum atomic E-state index is -0.155. The number of ether oxygens (including phenoxy) is 1. The Labute approximate surface area is 174 Å². The summed E-state index contributed by atoms with van der Waals surface area (Å²) >= 11 is 4.97. The van der Waals surface area contributed by atoms with E-state index < -0.39 is 0 Å². The van der Waals surface area contributed by atoms with Gasteiger partial charge in [0.1, 0.15) is 5.75 Å². The number of nitrogens with one attached hydrogen (secondary N) is 1. The molecule has 2 aromatic carbocycles. The molecule has 1 aromatic heterocycles. The summed E-state index contributed by atoms with van der Waals surface area (Å²) in [6.45, 7) is 2.71. The molecule has 0 unspecified atom stereocenters. The zero-order chi connectivity index (χ0) is 19.5. The Hall–Kier alpha value is -2.71. The van der Waals surface area contributed by atoms with Crippen molar-refractivity contribution < 1.29 is 9.53 Å². The van der Waals surface area contributed by atoms with Gasteiger partial charge in [0, 0.05) is 22.0 Å². The zero-order valence-electron chi connectivity index (χ0n) is 15.1. The number of aromatic nitrogens is 1. The molecule has 0 atom stereocenters. The Kier molecular flexibility index (Phi) is 5.40. The van der Waals surface area contributed by atoms with Crippen LogP contribution in [0, 0.1) is 0 Å². The quantitative estimate of drug-likeness (QED) is 0.600. The minimum Gasteiger partial charge on any atom is -0.482 e. The maximum Gasteiger partial charge on any atom is 0.262 e. The number of hydrogen-bond donors (Lipinski definition) is 1. The van der Waals surface area contributed by atoms with E-state index in [-0.39, 0.29) is 12.5 Å². The van der Waals surface area contributed by atoms with Crippen molar-refractivity contribution in [2.24, 2.45) is 10.1 Å². The summed E-state index contributed by atoms with van der Waals surface area (Å²) in [5, 5.41) is 9.53. The van der Waals surface area contributed by atoms with Crippen molar-refractivity contribution >= 4 is 45.1 Å². The molecule has 0 saturated heterocycles. The standard InChI is InChI=1S/C20H17BrN4O2S/c1-2-22-20-25(23-10-13-3-6-15(21)7-4-13)17(12-28-20)14-5-8-18-16(9-14)24-19(26)11-27-18/h3-10,12H,2,11H2,1H3,(H,24,26). The first-order chi connectivity index (χ1) is 13.6. The molecule has 6 nitrogen and oxygen atoms in total. The molecule has 0 bridgehead atoms. The maximum absolute atomic E-state index is 11.6. The van der Waals surface area contributed by atoms with E-state index in [2.05, 4.69) is 31.3 Å². The number of halogens is 1. The third-order valence-corrected chi connectivity index (χ3v) is 5.46. The van der Waals surface area contributed by atoms with Gasteiger partial charge in [-0.1, -0.05) is 28.1 Å². The Bertz CT molecular complexity index is 1120. The number of carbonyl (C=O) groups is 1. The molecular weight excluding hydrogens is 440 g/mol. The van der Waals surface area contributed by atoms with Gasteiger partial charge in [0.05, 0.1) is 17.6 Å². The van der Waals surface area contributed by atoms with Gasteiger partial charge in [-0.15, -0.1) is 11.3 Å². The molecule has 1 aliphatic heterocycles. The van der Waals surface area contributed by atoms with Crippen LogP contribution in [0.3, 0.4) is 0 Å². The van der Waals surface area contributed by atoms with E-state index in [4.69, 9.17) is 4.74 Å². The van der Waals surface area contributed by atoms with Crippen molar-refractivity contribution in [1.29, 1.82) is 0 Å². The normalized spacial score (nSPS) is 14.1. The van der Waals surface area contributed by atoms with Crippen LogP contribution >= 0.6 is 27.3 Å². The highest BCUT2D eigenvalue weighted by molar-refractivity contribution is 9.10. The molecular formula is C20H17BrN4O2S. The summed E-state index contributed by atoms with van der Waals surface area (Å²) in [6, 6.07) is 13.6. The monoisotopic (exact) mass is 456 g/mol. The lowest BCUT2D eigenvalue weighted by atomic mass is 10.1. The Balaban J connectivity index is 1.76. The van der Waals surface area contributed by atoms with Crippen molar-refractivity contribution in [3.05, 3.63) is 62.7 Å². The second-order valence-corrected chi connectivity index (χ2v) is 7.79. The molecule has 1 amide bonds. The van der Waals surface area contributed by atoms with Gasteiger partial charge >= 0.3 is 0 Å². The van der Waals surface area contributed by atoms with Gasteiger partial charge in [0.25, 0.3) is 5.91 Å². The number of rotatable bonds is 4. The fraction of sp³-hybridized carbons (Fsp3) is 0.150. The zero-order valence-corrected chi connectivity index (χ0v) is 17.5. The van der Waals surface area contributed by atoms with Gasteiger partial charge in [0.15, 0.2) is 6.61 Å². The Morgan fingerprint density at radius 3 is 2.89 bits per heavy atom. The number of carbonyl (C=O) groups excluding carboxylic acids is 1. The molecule has 0 fully saturated rings. The Morgan fingerprint density at radius 1 is 1.29 bits per heavy atom. The topological polar surface area (TPSA) is 68.0 Å². The predicted octanol–water partition coefficient (Wildman–Crippen LogP) is 4.11. The van der Waals surface area contributed by atoms with Crippen LogP contribution in [0.25, 0.3) is 11.3 Å². The third-order valence-electron chi connectivity index (χ3n) is 4.08. The maximum atomic E-state index is 11.6. The van der Waals surface area contributed by atoms with Crippen molar-refractivity contribution in [2.75, 3.05) is 18.5 Å². The highest BCUT2D eigenvalue weighted by Crippen LogP contribution is 2.32. The SMILES string of the molecule is CCN=c1scc(-c2ccc3c(c2)NC(=O)CO3)n1N=Cc1ccc(Br)cc1. The summed E-state index contributed by atoms with van der Waals surface area (Å²) in [4.78, 5) is 17.0. The van der Waals surface area contributed by atoms with Crippen LogP contribution in [0.5, 0.6) is 5.75 Å². The van der Waals surface area contributed by atoms with Gasteiger partial charge in [-0.25, -0.2) is 4.68 Å². The van der Waals surface area contributed by atoms with Crippen molar-refractivity contribution in [2.45, 2.75) is 6.92 Å². The number of benzene rings is 2. The lowest BCUT2D eigenvalue weighted by molar-refractivity contribution is -0.118. The molecule has 0 aliphatic carbocycles. The summed E-state index contributed by atoms with van der Waals surface area (Å²) < 4.78 is 8.29. The first-order valence-corrected chi connectivity index (χ1v) is 10.4. The molecule has 142 valence electrons. The number of nitrogens with zero attached hydrogens (tertiary/aromatic N) is 3. The highest BCUT2D eigenvalue weighted by atomic mass is 79.9. The van der Waals surface area contributed by atoms with E-state index in [1.807, 2.05) is 59.4 Å². The second kappa shape index (κ2) is 8.12. The van der Waals surface area contributed by atoms with E-state index >= 15 is 0 Å². The number of hydrogen-bond acceptors (Lipinski definition) is 5. The summed E-state index contributed by atoms with van der Waals surface area (Å²) in [6.07, 6.45) is 1.81. The molecule has 8 heteroatoms. The van der Waals surface area contributed by atoms with Crippen LogP contribution in [-0.4, -0.2) is 29.9 Å². The predicted molar refractivity (Wildman–Crippen MR) is 115 cm³/mol. The van der Waals surface area contributed by atoms with Gasteiger partial charge < -0.3 is 10.1 Å². The van der Waals surface area contributed by atoms with Crippen LogP contribution in [0.1, 0.15) is 12.5 Å². The lowest BCUT2D eigenvalue weighted by Gasteiger charge is -2.18. The molecule has 2 heterocycles. The summed E-state index contributed by atoms with van der Waals surface area (Å²) in [5.41, 5.74) is 3.47. The van der Waals surface area contributed by atoms with Crippen molar-refractivity contribution in [3.8, 4) is 17.0 Å². The molecule has 0 saturated carbocycles.